The van der Waals surface area contributed by atoms with Gasteiger partial charge in [0, 0.05) is 23.2 Å². The third-order valence-electron chi connectivity index (χ3n) is 7.79. The van der Waals surface area contributed by atoms with Crippen molar-refractivity contribution in [2.24, 2.45) is 0 Å². The van der Waals surface area contributed by atoms with Crippen LogP contribution in [0.2, 0.25) is 0 Å². The van der Waals surface area contributed by atoms with Gasteiger partial charge in [-0.15, -0.1) is 0 Å². The maximum absolute atomic E-state index is 14.4. The molecule has 0 radical (unpaired) electrons. The van der Waals surface area contributed by atoms with Crippen molar-refractivity contribution in [1.29, 1.82) is 0 Å². The molecule has 3 heterocycles. The van der Waals surface area contributed by atoms with Gasteiger partial charge in [0.25, 0.3) is 5.56 Å². The Kier molecular flexibility index (Phi) is 6.45. The molecule has 0 spiro atoms. The summed E-state index contributed by atoms with van der Waals surface area (Å²) in [6.07, 6.45) is 1.58. The summed E-state index contributed by atoms with van der Waals surface area (Å²) in [5, 5.41) is 2.60. The van der Waals surface area contributed by atoms with Crippen molar-refractivity contribution in [3.8, 4) is 0 Å². The van der Waals surface area contributed by atoms with Crippen molar-refractivity contribution in [1.82, 2.24) is 19.8 Å². The van der Waals surface area contributed by atoms with E-state index in [0.29, 0.717) is 25.7 Å². The van der Waals surface area contributed by atoms with Crippen molar-refractivity contribution in [3.05, 3.63) is 80.3 Å². The summed E-state index contributed by atoms with van der Waals surface area (Å²) < 4.78 is 48.4. The number of carbonyl (C=O) groups excluding carboxylic acids is 1. The number of aromatic amines is 1. The molecule has 2 N–H and O–H groups in total. The van der Waals surface area contributed by atoms with Crippen LogP contribution in [0.5, 0.6) is 0 Å². The SMILES string of the molecule is C[C@H](NC(=O)[C@@H](C[C@@]12CC[C@@H](COC1)N2C)n1c(=O)[nH]c2ccc(F)cc2c1=O)c1ccc(F)cc1F. The average Bonchev–Trinajstić information content (AvgIpc) is 3.00. The van der Waals surface area contributed by atoms with E-state index in [4.69, 9.17) is 4.74 Å². The molecular weight excluding hydrogens is 489 g/mol. The minimum absolute atomic E-state index is 0.0487. The first kappa shape index (κ1) is 25.2. The second-order valence-corrected chi connectivity index (χ2v) is 9.95. The number of halogens is 3. The maximum Gasteiger partial charge on any atom is 0.329 e. The van der Waals surface area contributed by atoms with Gasteiger partial charge < -0.3 is 15.0 Å². The van der Waals surface area contributed by atoms with E-state index in [1.807, 2.05) is 7.05 Å². The number of benzene rings is 2. The standard InChI is InChI=1S/C26H27F3N4O4/c1-14(18-5-3-16(28)10-20(18)29)30-23(34)22(11-26-8-7-17(32(26)2)12-37-13-26)33-24(35)19-9-15(27)4-6-21(19)31-25(33)36/h3-6,9-10,14,17,22H,7-8,11-13H2,1-2H3,(H,30,34)(H,31,36)/t14-,17-,22+,26-/m0/s1. The minimum Gasteiger partial charge on any atom is -0.378 e. The Labute approximate surface area is 210 Å². The van der Waals surface area contributed by atoms with Crippen LogP contribution in [0.4, 0.5) is 13.2 Å². The van der Waals surface area contributed by atoms with E-state index in [1.54, 1.807) is 0 Å². The lowest BCUT2D eigenvalue weighted by Crippen LogP contribution is -2.57. The zero-order valence-corrected chi connectivity index (χ0v) is 20.4. The van der Waals surface area contributed by atoms with Crippen molar-refractivity contribution in [3.63, 3.8) is 0 Å². The minimum atomic E-state index is -1.31. The number of rotatable bonds is 6. The molecule has 0 saturated carbocycles. The molecule has 1 amide bonds. The Morgan fingerprint density at radius 1 is 1.19 bits per heavy atom. The highest BCUT2D eigenvalue weighted by atomic mass is 19.1. The number of nitrogens with zero attached hydrogens (tertiary/aromatic N) is 2. The van der Waals surface area contributed by atoms with Crippen molar-refractivity contribution >= 4 is 16.8 Å². The van der Waals surface area contributed by atoms with Crippen LogP contribution < -0.4 is 16.6 Å². The van der Waals surface area contributed by atoms with E-state index in [2.05, 4.69) is 15.2 Å². The summed E-state index contributed by atoms with van der Waals surface area (Å²) in [6.45, 7) is 2.38. The second-order valence-electron chi connectivity index (χ2n) is 9.95. The molecule has 3 aromatic rings. The summed E-state index contributed by atoms with van der Waals surface area (Å²) in [6, 6.07) is 4.39. The van der Waals surface area contributed by atoms with Crippen molar-refractivity contribution in [2.45, 2.75) is 49.9 Å². The van der Waals surface area contributed by atoms with Crippen LogP contribution >= 0.6 is 0 Å². The molecule has 196 valence electrons. The number of carbonyl (C=O) groups is 1. The van der Waals surface area contributed by atoms with Gasteiger partial charge in [0.2, 0.25) is 5.91 Å². The first-order chi connectivity index (χ1) is 17.6. The number of fused-ring (bicyclic) bond motifs is 3. The maximum atomic E-state index is 14.4. The number of nitrogens with one attached hydrogen (secondary N) is 2. The van der Waals surface area contributed by atoms with Crippen LogP contribution in [0, 0.1) is 17.5 Å². The molecule has 0 aliphatic carbocycles. The Bertz CT molecular complexity index is 1480. The van der Waals surface area contributed by atoms with Crippen LogP contribution in [0.1, 0.15) is 43.8 Å². The predicted octanol–water partition coefficient (Wildman–Crippen LogP) is 2.78. The number of likely N-dealkylation sites (N-methyl/N-ethyl adjacent to an activating group) is 1. The Hall–Kier alpha value is -3.44. The Balaban J connectivity index is 1.58. The monoisotopic (exact) mass is 516 g/mol. The summed E-state index contributed by atoms with van der Waals surface area (Å²) in [5.74, 6) is -2.95. The zero-order chi connectivity index (χ0) is 26.5. The first-order valence-corrected chi connectivity index (χ1v) is 12.1. The molecular formula is C26H27F3N4O4. The summed E-state index contributed by atoms with van der Waals surface area (Å²) in [4.78, 5) is 45.0. The molecule has 1 aromatic heterocycles. The number of amides is 1. The molecule has 5 rings (SSSR count). The molecule has 2 aliphatic rings. The van der Waals surface area contributed by atoms with Gasteiger partial charge in [-0.1, -0.05) is 6.07 Å². The molecule has 11 heteroatoms. The smallest absolute Gasteiger partial charge is 0.329 e. The molecule has 4 atom stereocenters. The van der Waals surface area contributed by atoms with E-state index < -0.39 is 52.2 Å². The largest absolute Gasteiger partial charge is 0.378 e. The Morgan fingerprint density at radius 3 is 2.68 bits per heavy atom. The Morgan fingerprint density at radius 2 is 1.92 bits per heavy atom. The van der Waals surface area contributed by atoms with Crippen LogP contribution in [-0.2, 0) is 9.53 Å². The van der Waals surface area contributed by atoms with Crippen LogP contribution in [0.3, 0.4) is 0 Å². The number of hydrogen-bond donors (Lipinski definition) is 2. The van der Waals surface area contributed by atoms with Gasteiger partial charge in [-0.25, -0.2) is 22.5 Å². The highest BCUT2D eigenvalue weighted by Gasteiger charge is 2.50. The fraction of sp³-hybridized carbons (Fsp3) is 0.423. The molecule has 2 bridgehead atoms. The number of ether oxygens (including phenoxy) is 1. The molecule has 2 aliphatic heterocycles. The van der Waals surface area contributed by atoms with Crippen molar-refractivity contribution < 1.29 is 22.7 Å². The lowest BCUT2D eigenvalue weighted by Gasteiger charge is -2.44. The second kappa shape index (κ2) is 9.46. The van der Waals surface area contributed by atoms with Gasteiger partial charge in [-0.3, -0.25) is 14.5 Å². The highest BCUT2D eigenvalue weighted by Crippen LogP contribution is 2.41. The lowest BCUT2D eigenvalue weighted by atomic mass is 9.88. The van der Waals surface area contributed by atoms with Gasteiger partial charge in [0.1, 0.15) is 23.5 Å². The summed E-state index contributed by atoms with van der Waals surface area (Å²) in [5.41, 5.74) is -2.06. The number of morpholine rings is 1. The molecule has 8 nitrogen and oxygen atoms in total. The highest BCUT2D eigenvalue weighted by molar-refractivity contribution is 5.82. The lowest BCUT2D eigenvalue weighted by molar-refractivity contribution is -0.128. The van der Waals surface area contributed by atoms with E-state index in [9.17, 15) is 27.6 Å². The van der Waals surface area contributed by atoms with Gasteiger partial charge >= 0.3 is 5.69 Å². The van der Waals surface area contributed by atoms with Crippen LogP contribution in [0.15, 0.2) is 46.0 Å². The first-order valence-electron chi connectivity index (χ1n) is 12.1. The quantitative estimate of drug-likeness (QED) is 0.526. The van der Waals surface area contributed by atoms with E-state index in [0.717, 1.165) is 29.2 Å². The molecule has 2 fully saturated rings. The summed E-state index contributed by atoms with van der Waals surface area (Å²) >= 11 is 0. The number of hydrogen-bond acceptors (Lipinski definition) is 5. The molecule has 2 saturated heterocycles. The van der Waals surface area contributed by atoms with Gasteiger partial charge in [0.05, 0.1) is 30.2 Å². The topological polar surface area (TPSA) is 96.4 Å². The van der Waals surface area contributed by atoms with Gasteiger partial charge in [-0.05, 0) is 57.5 Å². The predicted molar refractivity (Wildman–Crippen MR) is 130 cm³/mol. The van der Waals surface area contributed by atoms with Gasteiger partial charge in [0.15, 0.2) is 0 Å². The molecule has 37 heavy (non-hydrogen) atoms. The van der Waals surface area contributed by atoms with E-state index >= 15 is 0 Å². The van der Waals surface area contributed by atoms with Crippen molar-refractivity contribution in [2.75, 3.05) is 20.3 Å². The van der Waals surface area contributed by atoms with Crippen LogP contribution in [-0.4, -0.2) is 52.2 Å². The fourth-order valence-electron chi connectivity index (χ4n) is 5.64. The summed E-state index contributed by atoms with van der Waals surface area (Å²) in [7, 11) is 1.93. The number of H-pyrrole nitrogens is 1. The number of aromatic nitrogens is 2. The van der Waals surface area contributed by atoms with Crippen LogP contribution in [0.25, 0.3) is 10.9 Å². The third kappa shape index (κ3) is 4.46. The zero-order valence-electron chi connectivity index (χ0n) is 20.4. The third-order valence-corrected chi connectivity index (χ3v) is 7.79. The van der Waals surface area contributed by atoms with E-state index in [1.165, 1.54) is 19.1 Å². The molecule has 0 unspecified atom stereocenters. The average molecular weight is 517 g/mol. The van der Waals surface area contributed by atoms with Gasteiger partial charge in [-0.2, -0.15) is 0 Å². The molecule has 2 aromatic carbocycles. The fourth-order valence-corrected chi connectivity index (χ4v) is 5.64. The normalized spacial score (nSPS) is 23.2. The van der Waals surface area contributed by atoms with E-state index in [-0.39, 0.29) is 28.9 Å².